The molecule has 0 unspecified atom stereocenters. The lowest BCUT2D eigenvalue weighted by Crippen LogP contribution is -2.35. The number of nitrogens with one attached hydrogen (secondary N) is 1. The van der Waals surface area contributed by atoms with Crippen LogP contribution in [0.2, 0.25) is 0 Å². The van der Waals surface area contributed by atoms with Gasteiger partial charge in [-0.3, -0.25) is 14.6 Å². The Hall–Kier alpha value is -2.56. The van der Waals surface area contributed by atoms with E-state index in [9.17, 15) is 14.0 Å². The van der Waals surface area contributed by atoms with E-state index >= 15 is 0 Å². The number of aromatic nitrogens is 1. The molecular formula is C21H25FN2O2. The van der Waals surface area contributed by atoms with Crippen molar-refractivity contribution in [3.05, 3.63) is 64.7 Å². The summed E-state index contributed by atoms with van der Waals surface area (Å²) in [5, 5.41) is 3.01. The summed E-state index contributed by atoms with van der Waals surface area (Å²) in [5.74, 6) is -0.629. The molecule has 1 N–H and O–H groups in total. The Labute approximate surface area is 153 Å². The second-order valence-electron chi connectivity index (χ2n) is 6.14. The van der Waals surface area contributed by atoms with Crippen molar-refractivity contribution < 1.29 is 14.0 Å². The summed E-state index contributed by atoms with van der Waals surface area (Å²) in [7, 11) is 0. The number of rotatable bonds is 5. The third kappa shape index (κ3) is 4.15. The molecule has 1 saturated carbocycles. The molecule has 5 heteroatoms. The van der Waals surface area contributed by atoms with Gasteiger partial charge in [0.25, 0.3) is 5.91 Å². The van der Waals surface area contributed by atoms with Crippen LogP contribution in [0, 0.1) is 5.82 Å². The number of pyridine rings is 1. The highest BCUT2D eigenvalue weighted by Gasteiger charge is 2.47. The van der Waals surface area contributed by atoms with Crippen molar-refractivity contribution in [2.45, 2.75) is 52.5 Å². The van der Waals surface area contributed by atoms with Gasteiger partial charge in [0.2, 0.25) is 0 Å². The van der Waals surface area contributed by atoms with Crippen molar-refractivity contribution in [2.75, 3.05) is 0 Å². The largest absolute Gasteiger partial charge is 0.341 e. The number of carbonyl (C=O) groups is 2. The van der Waals surface area contributed by atoms with Crippen molar-refractivity contribution in [1.29, 1.82) is 0 Å². The van der Waals surface area contributed by atoms with Gasteiger partial charge < -0.3 is 5.32 Å². The number of amides is 1. The first-order chi connectivity index (χ1) is 12.4. The Kier molecular flexibility index (Phi) is 6.24. The van der Waals surface area contributed by atoms with Crippen LogP contribution in [0.4, 0.5) is 4.39 Å². The van der Waals surface area contributed by atoms with Crippen LogP contribution in [-0.2, 0) is 12.0 Å². The molecule has 0 atom stereocenters. The fourth-order valence-electron chi connectivity index (χ4n) is 2.82. The van der Waals surface area contributed by atoms with Gasteiger partial charge in [-0.2, -0.15) is 0 Å². The van der Waals surface area contributed by atoms with E-state index in [1.807, 2.05) is 26.8 Å². The van der Waals surface area contributed by atoms with E-state index in [-0.39, 0.29) is 17.5 Å². The van der Waals surface area contributed by atoms with Crippen molar-refractivity contribution in [1.82, 2.24) is 10.3 Å². The zero-order valence-corrected chi connectivity index (χ0v) is 15.7. The number of aryl methyl sites for hydroxylation is 1. The lowest BCUT2D eigenvalue weighted by Gasteiger charge is -2.18. The highest BCUT2D eigenvalue weighted by atomic mass is 19.1. The standard InChI is InChI=1S/C19H19FN2O2.C2H6/c1-3-16-15(12(2)23)8-9-17(21-16)19(10-11-19)22-18(24)13-4-6-14(20)7-5-13;1-2/h4-9H,3,10-11H2,1-2H3,(H,22,24);1-2H3. The molecular weight excluding hydrogens is 331 g/mol. The molecule has 0 radical (unpaired) electrons. The molecule has 1 amide bonds. The fourth-order valence-corrected chi connectivity index (χ4v) is 2.82. The Morgan fingerprint density at radius 2 is 1.73 bits per heavy atom. The number of Topliss-reactive ketones (excluding diaryl/α,β-unsaturated/α-hetero) is 1. The highest BCUT2D eigenvalue weighted by molar-refractivity contribution is 5.96. The van der Waals surface area contributed by atoms with Crippen molar-refractivity contribution in [3.8, 4) is 0 Å². The number of halogens is 1. The maximum atomic E-state index is 13.0. The molecule has 1 aliphatic carbocycles. The van der Waals surface area contributed by atoms with Crippen LogP contribution in [0.25, 0.3) is 0 Å². The predicted molar refractivity (Wildman–Crippen MR) is 99.7 cm³/mol. The molecule has 0 spiro atoms. The summed E-state index contributed by atoms with van der Waals surface area (Å²) in [6, 6.07) is 9.06. The number of hydrogen-bond acceptors (Lipinski definition) is 3. The molecule has 26 heavy (non-hydrogen) atoms. The number of nitrogens with zero attached hydrogens (tertiary/aromatic N) is 1. The summed E-state index contributed by atoms with van der Waals surface area (Å²) < 4.78 is 13.0. The van der Waals surface area contributed by atoms with Crippen molar-refractivity contribution in [2.24, 2.45) is 0 Å². The second kappa shape index (κ2) is 8.21. The highest BCUT2D eigenvalue weighted by Crippen LogP contribution is 2.45. The Morgan fingerprint density at radius 3 is 2.23 bits per heavy atom. The quantitative estimate of drug-likeness (QED) is 0.806. The molecule has 1 aliphatic rings. The van der Waals surface area contributed by atoms with E-state index in [0.717, 1.165) is 24.2 Å². The molecule has 1 aromatic carbocycles. The maximum Gasteiger partial charge on any atom is 0.252 e. The first kappa shape index (κ1) is 19.8. The summed E-state index contributed by atoms with van der Waals surface area (Å²) in [6.45, 7) is 7.48. The van der Waals surface area contributed by atoms with Gasteiger partial charge in [-0.15, -0.1) is 0 Å². The third-order valence-corrected chi connectivity index (χ3v) is 4.39. The zero-order chi connectivity index (χ0) is 19.3. The van der Waals surface area contributed by atoms with E-state index in [2.05, 4.69) is 10.3 Å². The fraction of sp³-hybridized carbons (Fsp3) is 0.381. The van der Waals surface area contributed by atoms with Gasteiger partial charge in [0.1, 0.15) is 5.82 Å². The van der Waals surface area contributed by atoms with Gasteiger partial charge in [-0.25, -0.2) is 4.39 Å². The topological polar surface area (TPSA) is 59.1 Å². The van der Waals surface area contributed by atoms with Crippen LogP contribution in [0.15, 0.2) is 36.4 Å². The number of ketones is 1. The molecule has 4 nitrogen and oxygen atoms in total. The maximum absolute atomic E-state index is 13.0. The third-order valence-electron chi connectivity index (χ3n) is 4.39. The minimum atomic E-state index is -0.481. The predicted octanol–water partition coefficient (Wildman–Crippen LogP) is 4.43. The van der Waals surface area contributed by atoms with Crippen LogP contribution in [0.5, 0.6) is 0 Å². The summed E-state index contributed by atoms with van der Waals surface area (Å²) in [5.41, 5.74) is 2.09. The molecule has 1 heterocycles. The number of carbonyl (C=O) groups excluding carboxylic acids is 2. The van der Waals surface area contributed by atoms with Crippen molar-refractivity contribution in [3.63, 3.8) is 0 Å². The van der Waals surface area contributed by atoms with Gasteiger partial charge in [-0.1, -0.05) is 20.8 Å². The lowest BCUT2D eigenvalue weighted by molar-refractivity contribution is 0.0928. The molecule has 0 saturated heterocycles. The van der Waals surface area contributed by atoms with E-state index in [1.54, 1.807) is 6.07 Å². The Bertz CT molecular complexity index is 796. The number of benzene rings is 1. The zero-order valence-electron chi connectivity index (χ0n) is 15.7. The molecule has 3 rings (SSSR count). The van der Waals surface area contributed by atoms with E-state index in [0.29, 0.717) is 17.5 Å². The van der Waals surface area contributed by atoms with Gasteiger partial charge in [0.15, 0.2) is 5.78 Å². The lowest BCUT2D eigenvalue weighted by atomic mass is 10.0. The van der Waals surface area contributed by atoms with E-state index in [4.69, 9.17) is 0 Å². The van der Waals surface area contributed by atoms with Crippen LogP contribution in [0.3, 0.4) is 0 Å². The molecule has 0 bridgehead atoms. The van der Waals surface area contributed by atoms with Crippen LogP contribution < -0.4 is 5.32 Å². The van der Waals surface area contributed by atoms with Gasteiger partial charge >= 0.3 is 0 Å². The monoisotopic (exact) mass is 356 g/mol. The molecule has 138 valence electrons. The molecule has 0 aliphatic heterocycles. The first-order valence-corrected chi connectivity index (χ1v) is 9.04. The molecule has 1 aromatic heterocycles. The Morgan fingerprint density at radius 1 is 1.12 bits per heavy atom. The smallest absolute Gasteiger partial charge is 0.252 e. The minimum absolute atomic E-state index is 0.00825. The van der Waals surface area contributed by atoms with Crippen LogP contribution in [-0.4, -0.2) is 16.7 Å². The average molecular weight is 356 g/mol. The first-order valence-electron chi connectivity index (χ1n) is 9.04. The minimum Gasteiger partial charge on any atom is -0.341 e. The number of hydrogen-bond donors (Lipinski definition) is 1. The Balaban J connectivity index is 0.00000117. The second-order valence-corrected chi connectivity index (χ2v) is 6.14. The van der Waals surface area contributed by atoms with Gasteiger partial charge in [0.05, 0.1) is 16.9 Å². The molecule has 2 aromatic rings. The normalized spacial score (nSPS) is 14.0. The van der Waals surface area contributed by atoms with E-state index < -0.39 is 5.54 Å². The van der Waals surface area contributed by atoms with Gasteiger partial charge in [-0.05, 0) is 62.6 Å². The van der Waals surface area contributed by atoms with Crippen molar-refractivity contribution >= 4 is 11.7 Å². The van der Waals surface area contributed by atoms with E-state index in [1.165, 1.54) is 31.2 Å². The average Bonchev–Trinajstić information content (AvgIpc) is 3.43. The molecule has 1 fully saturated rings. The SMILES string of the molecule is CC.CCc1nc(C2(NC(=O)c3ccc(F)cc3)CC2)ccc1C(C)=O. The summed E-state index contributed by atoms with van der Waals surface area (Å²) >= 11 is 0. The summed E-state index contributed by atoms with van der Waals surface area (Å²) in [6.07, 6.45) is 2.26. The summed E-state index contributed by atoms with van der Waals surface area (Å²) in [4.78, 5) is 28.7. The van der Waals surface area contributed by atoms with Gasteiger partial charge in [0, 0.05) is 11.1 Å². The van der Waals surface area contributed by atoms with Crippen LogP contribution in [0.1, 0.15) is 72.6 Å². The van der Waals surface area contributed by atoms with Crippen LogP contribution >= 0.6 is 0 Å².